The van der Waals surface area contributed by atoms with Crippen molar-refractivity contribution in [3.63, 3.8) is 0 Å². The molecule has 0 bridgehead atoms. The zero-order chi connectivity index (χ0) is 14.6. The molecule has 1 rings (SSSR count). The predicted molar refractivity (Wildman–Crippen MR) is 98.6 cm³/mol. The second-order valence-corrected chi connectivity index (χ2v) is 5.58. The summed E-state index contributed by atoms with van der Waals surface area (Å²) in [6.07, 6.45) is 3.72. The lowest BCUT2D eigenvalue weighted by atomic mass is 10.1. The van der Waals surface area contributed by atoms with E-state index in [-0.39, 0.29) is 24.0 Å². The predicted octanol–water partition coefficient (Wildman–Crippen LogP) is 2.40. The third-order valence-electron chi connectivity index (χ3n) is 3.19. The van der Waals surface area contributed by atoms with Gasteiger partial charge in [-0.2, -0.15) is 0 Å². The first-order chi connectivity index (χ1) is 9.72. The Morgan fingerprint density at radius 1 is 1.38 bits per heavy atom. The first kappa shape index (κ1) is 20.9. The van der Waals surface area contributed by atoms with Crippen molar-refractivity contribution in [3.05, 3.63) is 0 Å². The summed E-state index contributed by atoms with van der Waals surface area (Å²) in [6, 6.07) is 0. The summed E-state index contributed by atoms with van der Waals surface area (Å²) in [7, 11) is 0. The molecule has 0 aliphatic carbocycles. The molecule has 126 valence electrons. The zero-order valence-electron chi connectivity index (χ0n) is 13.7. The highest BCUT2D eigenvalue weighted by Crippen LogP contribution is 2.11. The van der Waals surface area contributed by atoms with Gasteiger partial charge in [0.2, 0.25) is 0 Å². The Kier molecular flexibility index (Phi) is 13.5. The third kappa shape index (κ3) is 11.2. The maximum Gasteiger partial charge on any atom is 0.191 e. The highest BCUT2D eigenvalue weighted by Gasteiger charge is 2.14. The molecule has 0 saturated carbocycles. The van der Waals surface area contributed by atoms with Gasteiger partial charge in [0.1, 0.15) is 0 Å². The van der Waals surface area contributed by atoms with Crippen molar-refractivity contribution in [2.24, 2.45) is 10.9 Å². The Bertz CT molecular complexity index is 270. The van der Waals surface area contributed by atoms with Crippen molar-refractivity contribution >= 4 is 29.9 Å². The summed E-state index contributed by atoms with van der Waals surface area (Å²) >= 11 is 0. The van der Waals surface area contributed by atoms with Gasteiger partial charge in [0.25, 0.3) is 0 Å². The molecule has 2 N–H and O–H groups in total. The summed E-state index contributed by atoms with van der Waals surface area (Å²) in [6.45, 7) is 11.3. The fraction of sp³-hybridized carbons (Fsp3) is 0.933. The van der Waals surface area contributed by atoms with Crippen LogP contribution in [0.5, 0.6) is 0 Å². The van der Waals surface area contributed by atoms with Crippen molar-refractivity contribution in [3.8, 4) is 0 Å². The number of hydrogen-bond donors (Lipinski definition) is 2. The minimum atomic E-state index is 0. The summed E-state index contributed by atoms with van der Waals surface area (Å²) in [5.74, 6) is 1.57. The Morgan fingerprint density at radius 3 is 2.81 bits per heavy atom. The van der Waals surface area contributed by atoms with Crippen LogP contribution in [-0.2, 0) is 9.47 Å². The van der Waals surface area contributed by atoms with Crippen LogP contribution in [0.4, 0.5) is 0 Å². The van der Waals surface area contributed by atoms with Gasteiger partial charge in [-0.05, 0) is 32.1 Å². The van der Waals surface area contributed by atoms with Crippen LogP contribution in [0.25, 0.3) is 0 Å². The SMILES string of the molecule is CCNC(=NCCC(C)C)NCCOCC1CCCO1.I. The second-order valence-electron chi connectivity index (χ2n) is 5.58. The van der Waals surface area contributed by atoms with Gasteiger partial charge in [-0.15, -0.1) is 24.0 Å². The molecule has 6 heteroatoms. The number of halogens is 1. The summed E-state index contributed by atoms with van der Waals surface area (Å²) in [4.78, 5) is 4.54. The third-order valence-corrected chi connectivity index (χ3v) is 3.19. The van der Waals surface area contributed by atoms with E-state index in [1.165, 1.54) is 6.42 Å². The molecule has 1 fully saturated rings. The second kappa shape index (κ2) is 13.6. The molecule has 1 aliphatic rings. The molecular formula is C15H32IN3O2. The molecule has 0 aromatic rings. The smallest absolute Gasteiger partial charge is 0.191 e. The molecule has 0 radical (unpaired) electrons. The molecule has 1 aliphatic heterocycles. The van der Waals surface area contributed by atoms with Gasteiger partial charge in [-0.25, -0.2) is 0 Å². The topological polar surface area (TPSA) is 54.9 Å². The summed E-state index contributed by atoms with van der Waals surface area (Å²) in [5, 5.41) is 6.54. The fourth-order valence-electron chi connectivity index (χ4n) is 2.01. The quantitative estimate of drug-likeness (QED) is 0.264. The van der Waals surface area contributed by atoms with E-state index < -0.39 is 0 Å². The summed E-state index contributed by atoms with van der Waals surface area (Å²) < 4.78 is 11.1. The number of hydrogen-bond acceptors (Lipinski definition) is 3. The standard InChI is InChI=1S/C15H31N3O2.HI/c1-4-16-15(17-8-7-13(2)3)18-9-11-19-12-14-6-5-10-20-14;/h13-14H,4-12H2,1-3H3,(H2,16,17,18);1H. The van der Waals surface area contributed by atoms with Crippen LogP contribution in [0.1, 0.15) is 40.0 Å². The first-order valence-electron chi connectivity index (χ1n) is 7.94. The Balaban J connectivity index is 0.00000400. The van der Waals surface area contributed by atoms with Gasteiger partial charge >= 0.3 is 0 Å². The van der Waals surface area contributed by atoms with Crippen LogP contribution in [0, 0.1) is 5.92 Å². The van der Waals surface area contributed by atoms with E-state index in [0.717, 1.165) is 45.0 Å². The number of ether oxygens (including phenoxy) is 2. The number of guanidine groups is 1. The van der Waals surface area contributed by atoms with Gasteiger partial charge in [-0.3, -0.25) is 4.99 Å². The molecule has 1 atom stereocenters. The monoisotopic (exact) mass is 413 g/mol. The Hall–Kier alpha value is -0.0800. The van der Waals surface area contributed by atoms with Gasteiger partial charge < -0.3 is 20.1 Å². The maximum atomic E-state index is 5.62. The van der Waals surface area contributed by atoms with E-state index in [9.17, 15) is 0 Å². The molecule has 1 heterocycles. The number of aliphatic imine (C=N–C) groups is 1. The van der Waals surface area contributed by atoms with Crippen molar-refractivity contribution in [1.29, 1.82) is 0 Å². The largest absolute Gasteiger partial charge is 0.377 e. The molecule has 0 amide bonds. The van der Waals surface area contributed by atoms with Gasteiger partial charge in [0.05, 0.1) is 19.3 Å². The molecular weight excluding hydrogens is 381 g/mol. The van der Waals surface area contributed by atoms with Crippen molar-refractivity contribution in [2.75, 3.05) is 39.5 Å². The number of nitrogens with one attached hydrogen (secondary N) is 2. The molecule has 21 heavy (non-hydrogen) atoms. The first-order valence-corrected chi connectivity index (χ1v) is 7.94. The Morgan fingerprint density at radius 2 is 2.19 bits per heavy atom. The lowest BCUT2D eigenvalue weighted by molar-refractivity contribution is 0.0191. The van der Waals surface area contributed by atoms with Crippen LogP contribution in [-0.4, -0.2) is 51.5 Å². The molecule has 0 aromatic heterocycles. The maximum absolute atomic E-state index is 5.62. The van der Waals surface area contributed by atoms with Crippen molar-refractivity contribution in [2.45, 2.75) is 46.1 Å². The average Bonchev–Trinajstić information content (AvgIpc) is 2.91. The van der Waals surface area contributed by atoms with Crippen LogP contribution in [0.3, 0.4) is 0 Å². The molecule has 0 aromatic carbocycles. The van der Waals surface area contributed by atoms with Crippen LogP contribution < -0.4 is 10.6 Å². The normalized spacial score (nSPS) is 18.7. The van der Waals surface area contributed by atoms with Crippen molar-refractivity contribution < 1.29 is 9.47 Å². The Labute approximate surface area is 146 Å². The van der Waals surface area contributed by atoms with Gasteiger partial charge in [0.15, 0.2) is 5.96 Å². The van der Waals surface area contributed by atoms with E-state index in [4.69, 9.17) is 9.47 Å². The van der Waals surface area contributed by atoms with Gasteiger partial charge in [-0.1, -0.05) is 13.8 Å². The number of rotatable bonds is 9. The minimum absolute atomic E-state index is 0. The minimum Gasteiger partial charge on any atom is -0.377 e. The number of nitrogens with zero attached hydrogens (tertiary/aromatic N) is 1. The van der Waals surface area contributed by atoms with Crippen LogP contribution in [0.2, 0.25) is 0 Å². The zero-order valence-corrected chi connectivity index (χ0v) is 16.0. The van der Waals surface area contributed by atoms with Crippen LogP contribution in [0.15, 0.2) is 4.99 Å². The highest BCUT2D eigenvalue weighted by atomic mass is 127. The lowest BCUT2D eigenvalue weighted by Gasteiger charge is -2.13. The molecule has 0 spiro atoms. The van der Waals surface area contributed by atoms with E-state index in [0.29, 0.717) is 25.2 Å². The highest BCUT2D eigenvalue weighted by molar-refractivity contribution is 14.0. The van der Waals surface area contributed by atoms with Crippen LogP contribution >= 0.6 is 24.0 Å². The molecule has 1 saturated heterocycles. The van der Waals surface area contributed by atoms with E-state index in [2.05, 4.69) is 36.4 Å². The van der Waals surface area contributed by atoms with E-state index >= 15 is 0 Å². The lowest BCUT2D eigenvalue weighted by Crippen LogP contribution is -2.39. The van der Waals surface area contributed by atoms with E-state index in [1.807, 2.05) is 0 Å². The summed E-state index contributed by atoms with van der Waals surface area (Å²) in [5.41, 5.74) is 0. The fourth-order valence-corrected chi connectivity index (χ4v) is 2.01. The van der Waals surface area contributed by atoms with E-state index in [1.54, 1.807) is 0 Å². The van der Waals surface area contributed by atoms with Crippen molar-refractivity contribution in [1.82, 2.24) is 10.6 Å². The average molecular weight is 413 g/mol. The molecule has 5 nitrogen and oxygen atoms in total. The molecule has 1 unspecified atom stereocenters. The van der Waals surface area contributed by atoms with Gasteiger partial charge in [0, 0.05) is 26.2 Å².